The van der Waals surface area contributed by atoms with Crippen molar-refractivity contribution in [3.05, 3.63) is 35.9 Å². The number of carboxylic acids is 1. The van der Waals surface area contributed by atoms with Gasteiger partial charge in [-0.3, -0.25) is 4.79 Å². The molecular weight excluding hydrogens is 259 g/mol. The Morgan fingerprint density at radius 3 is 2.05 bits per heavy atom. The van der Waals surface area contributed by atoms with Crippen molar-refractivity contribution < 1.29 is 24.9 Å². The van der Waals surface area contributed by atoms with Gasteiger partial charge < -0.3 is 15.3 Å². The second kappa shape index (κ2) is 12.3. The Hall–Kier alpha value is -0.720. The summed E-state index contributed by atoms with van der Waals surface area (Å²) in [5.74, 6) is -1.10. The monoisotopic (exact) mass is 278 g/mol. The summed E-state index contributed by atoms with van der Waals surface area (Å²) in [6.07, 6.45) is -0.410. The molecule has 0 aliphatic carbocycles. The summed E-state index contributed by atoms with van der Waals surface area (Å²) >= 11 is 0. The van der Waals surface area contributed by atoms with E-state index in [-0.39, 0.29) is 29.6 Å². The molecule has 0 spiro atoms. The van der Waals surface area contributed by atoms with E-state index in [1.807, 2.05) is 37.3 Å². The molecule has 0 aliphatic rings. The van der Waals surface area contributed by atoms with E-state index in [0.717, 1.165) is 5.56 Å². The molecule has 5 nitrogen and oxygen atoms in total. The SMILES string of the molecule is CCC(=O)Cc1ccccc1.O=C(O)C(O)CO.[NaH]. The van der Waals surface area contributed by atoms with Gasteiger partial charge in [-0.25, -0.2) is 4.79 Å². The topological polar surface area (TPSA) is 94.8 Å². The predicted octanol–water partition coefficient (Wildman–Crippen LogP) is -0.0161. The molecule has 1 aromatic rings. The summed E-state index contributed by atoms with van der Waals surface area (Å²) in [5, 5.41) is 23.7. The van der Waals surface area contributed by atoms with Gasteiger partial charge in [0.15, 0.2) is 6.10 Å². The van der Waals surface area contributed by atoms with Crippen molar-refractivity contribution in [2.45, 2.75) is 25.9 Å². The van der Waals surface area contributed by atoms with Crippen LogP contribution in [0.5, 0.6) is 0 Å². The summed E-state index contributed by atoms with van der Waals surface area (Å²) in [4.78, 5) is 20.5. The molecule has 3 N–H and O–H groups in total. The number of ketones is 1. The number of carbonyl (C=O) groups is 2. The molecule has 0 saturated heterocycles. The maximum atomic E-state index is 11.0. The Morgan fingerprint density at radius 1 is 1.21 bits per heavy atom. The van der Waals surface area contributed by atoms with Gasteiger partial charge in [0.05, 0.1) is 6.61 Å². The van der Waals surface area contributed by atoms with Crippen LogP contribution in [0.3, 0.4) is 0 Å². The Kier molecular flexibility index (Phi) is 13.4. The summed E-state index contributed by atoms with van der Waals surface area (Å²) < 4.78 is 0. The van der Waals surface area contributed by atoms with Gasteiger partial charge in [-0.15, -0.1) is 0 Å². The number of rotatable bonds is 5. The first-order chi connectivity index (χ1) is 8.51. The molecule has 0 aliphatic heterocycles. The van der Waals surface area contributed by atoms with Gasteiger partial charge in [0.25, 0.3) is 0 Å². The molecular formula is C13H19NaO5. The number of aliphatic hydroxyl groups excluding tert-OH is 2. The average molecular weight is 278 g/mol. The number of aliphatic hydroxyl groups is 2. The van der Waals surface area contributed by atoms with Gasteiger partial charge >= 0.3 is 35.5 Å². The fourth-order valence-electron chi connectivity index (χ4n) is 1.03. The summed E-state index contributed by atoms with van der Waals surface area (Å²) in [5.41, 5.74) is 1.11. The zero-order valence-corrected chi connectivity index (χ0v) is 10.2. The molecule has 0 saturated carbocycles. The van der Waals surface area contributed by atoms with E-state index in [0.29, 0.717) is 18.6 Å². The van der Waals surface area contributed by atoms with Crippen molar-refractivity contribution in [3.63, 3.8) is 0 Å². The fraction of sp³-hybridized carbons (Fsp3) is 0.385. The van der Waals surface area contributed by atoms with Crippen molar-refractivity contribution in [1.29, 1.82) is 0 Å². The van der Waals surface area contributed by atoms with Gasteiger partial charge in [-0.05, 0) is 5.56 Å². The van der Waals surface area contributed by atoms with Crippen LogP contribution in [-0.4, -0.2) is 69.3 Å². The normalized spacial score (nSPS) is 10.5. The average Bonchev–Trinajstić information content (AvgIpc) is 2.39. The van der Waals surface area contributed by atoms with Crippen molar-refractivity contribution in [2.75, 3.05) is 6.61 Å². The zero-order chi connectivity index (χ0) is 14.0. The number of carbonyl (C=O) groups excluding carboxylic acids is 1. The minimum absolute atomic E-state index is 0. The Labute approximate surface area is 134 Å². The van der Waals surface area contributed by atoms with E-state index in [9.17, 15) is 9.59 Å². The number of carboxylic acid groups (broad SMARTS) is 1. The first-order valence-corrected chi connectivity index (χ1v) is 5.58. The number of hydrogen-bond acceptors (Lipinski definition) is 4. The molecule has 19 heavy (non-hydrogen) atoms. The minimum atomic E-state index is -1.63. The molecule has 6 heteroatoms. The van der Waals surface area contributed by atoms with Crippen molar-refractivity contribution in [3.8, 4) is 0 Å². The van der Waals surface area contributed by atoms with Crippen LogP contribution >= 0.6 is 0 Å². The van der Waals surface area contributed by atoms with E-state index in [1.54, 1.807) is 0 Å². The van der Waals surface area contributed by atoms with Crippen LogP contribution in [0.25, 0.3) is 0 Å². The fourth-order valence-corrected chi connectivity index (χ4v) is 1.03. The van der Waals surface area contributed by atoms with Crippen molar-refractivity contribution >= 4 is 41.3 Å². The number of hydrogen-bond donors (Lipinski definition) is 3. The molecule has 0 amide bonds. The standard InChI is InChI=1S/C10H12O.C3H6O4.Na.H/c1-2-10(11)8-9-6-4-3-5-7-9;4-1-2(5)3(6)7;;/h3-7H,2,8H2,1H3;2,4-5H,1H2,(H,6,7);;. The van der Waals surface area contributed by atoms with Crippen LogP contribution in [0.15, 0.2) is 30.3 Å². The third-order valence-electron chi connectivity index (χ3n) is 2.10. The van der Waals surface area contributed by atoms with Crippen LogP contribution in [0.2, 0.25) is 0 Å². The Balaban J connectivity index is 0. The summed E-state index contributed by atoms with van der Waals surface area (Å²) in [6.45, 7) is 1.17. The van der Waals surface area contributed by atoms with E-state index in [1.165, 1.54) is 0 Å². The molecule has 0 aromatic heterocycles. The van der Waals surface area contributed by atoms with E-state index in [2.05, 4.69) is 0 Å². The molecule has 1 aromatic carbocycles. The van der Waals surface area contributed by atoms with Crippen LogP contribution in [0, 0.1) is 0 Å². The van der Waals surface area contributed by atoms with E-state index < -0.39 is 18.7 Å². The third kappa shape index (κ3) is 10.9. The quantitative estimate of drug-likeness (QED) is 0.658. The Bertz CT molecular complexity index is 367. The molecule has 0 radical (unpaired) electrons. The maximum absolute atomic E-state index is 11.0. The zero-order valence-electron chi connectivity index (χ0n) is 10.2. The first-order valence-electron chi connectivity index (χ1n) is 5.58. The Morgan fingerprint density at radius 2 is 1.74 bits per heavy atom. The summed E-state index contributed by atoms with van der Waals surface area (Å²) in [6, 6.07) is 9.83. The molecule has 0 fully saturated rings. The van der Waals surface area contributed by atoms with E-state index in [4.69, 9.17) is 15.3 Å². The third-order valence-corrected chi connectivity index (χ3v) is 2.10. The second-order valence-corrected chi connectivity index (χ2v) is 3.59. The number of Topliss-reactive ketones (excluding diaryl/α,β-unsaturated/α-hetero) is 1. The van der Waals surface area contributed by atoms with Crippen LogP contribution in [0.4, 0.5) is 0 Å². The van der Waals surface area contributed by atoms with Gasteiger partial charge in [-0.1, -0.05) is 37.3 Å². The predicted molar refractivity (Wildman–Crippen MR) is 73.3 cm³/mol. The number of aliphatic carboxylic acids is 1. The molecule has 1 atom stereocenters. The number of benzene rings is 1. The van der Waals surface area contributed by atoms with Gasteiger partial charge in [0, 0.05) is 12.8 Å². The van der Waals surface area contributed by atoms with Gasteiger partial charge in [0.1, 0.15) is 5.78 Å². The second-order valence-electron chi connectivity index (χ2n) is 3.59. The molecule has 1 unspecified atom stereocenters. The van der Waals surface area contributed by atoms with Crippen molar-refractivity contribution in [1.82, 2.24) is 0 Å². The van der Waals surface area contributed by atoms with Gasteiger partial charge in [0.2, 0.25) is 0 Å². The first kappa shape index (κ1) is 20.6. The molecule has 0 bridgehead atoms. The van der Waals surface area contributed by atoms with E-state index >= 15 is 0 Å². The summed E-state index contributed by atoms with van der Waals surface area (Å²) in [7, 11) is 0. The van der Waals surface area contributed by atoms with Gasteiger partial charge in [-0.2, -0.15) is 0 Å². The molecule has 102 valence electrons. The van der Waals surface area contributed by atoms with Crippen LogP contribution < -0.4 is 0 Å². The molecule has 1 rings (SSSR count). The van der Waals surface area contributed by atoms with Crippen molar-refractivity contribution in [2.24, 2.45) is 0 Å². The van der Waals surface area contributed by atoms with Crippen LogP contribution in [-0.2, 0) is 16.0 Å². The molecule has 0 heterocycles. The van der Waals surface area contributed by atoms with Crippen LogP contribution in [0.1, 0.15) is 18.9 Å².